The molecular formula is C13H23IN4O. The van der Waals surface area contributed by atoms with E-state index in [0.717, 1.165) is 38.4 Å². The molecule has 0 amide bonds. The topological polar surface area (TPSA) is 50.2 Å². The third kappa shape index (κ3) is 5.19. The smallest absolute Gasteiger partial charge is 0.267 e. The Hall–Kier alpha value is -0.470. The summed E-state index contributed by atoms with van der Waals surface area (Å²) in [6, 6.07) is 0. The summed E-state index contributed by atoms with van der Waals surface area (Å²) in [6.45, 7) is 11.8. The maximum atomic E-state index is 11.9. The number of aromatic nitrogens is 2. The molecule has 1 aromatic heterocycles. The molecule has 19 heavy (non-hydrogen) atoms. The zero-order valence-corrected chi connectivity index (χ0v) is 14.1. The maximum Gasteiger partial charge on any atom is 0.267 e. The molecule has 0 atom stereocenters. The van der Waals surface area contributed by atoms with Crippen molar-refractivity contribution in [1.29, 1.82) is 0 Å². The number of rotatable bonds is 8. The van der Waals surface area contributed by atoms with E-state index in [1.807, 2.05) is 6.92 Å². The van der Waals surface area contributed by atoms with Crippen molar-refractivity contribution in [2.75, 3.05) is 32.7 Å². The van der Waals surface area contributed by atoms with Gasteiger partial charge in [0.15, 0.2) is 0 Å². The van der Waals surface area contributed by atoms with E-state index in [9.17, 15) is 4.79 Å². The summed E-state index contributed by atoms with van der Waals surface area (Å²) in [5, 5.41) is 3.36. The van der Waals surface area contributed by atoms with Crippen LogP contribution in [0.5, 0.6) is 0 Å². The number of hydrogen-bond acceptors (Lipinski definition) is 4. The van der Waals surface area contributed by atoms with Crippen molar-refractivity contribution in [2.45, 2.75) is 27.3 Å². The third-order valence-corrected chi connectivity index (χ3v) is 4.43. The van der Waals surface area contributed by atoms with E-state index in [0.29, 0.717) is 10.1 Å². The molecule has 1 N–H and O–H groups in total. The van der Waals surface area contributed by atoms with Crippen molar-refractivity contribution in [2.24, 2.45) is 0 Å². The Morgan fingerprint density at radius 2 is 2.05 bits per heavy atom. The minimum atomic E-state index is 0.0543. The molecule has 1 rings (SSSR count). The van der Waals surface area contributed by atoms with Crippen LogP contribution in [-0.2, 0) is 6.54 Å². The van der Waals surface area contributed by atoms with Crippen molar-refractivity contribution in [3.63, 3.8) is 0 Å². The van der Waals surface area contributed by atoms with Crippen molar-refractivity contribution < 1.29 is 0 Å². The molecule has 0 spiro atoms. The second-order valence-corrected chi connectivity index (χ2v) is 5.50. The first kappa shape index (κ1) is 16.6. The van der Waals surface area contributed by atoms with Gasteiger partial charge in [0, 0.05) is 26.2 Å². The first-order chi connectivity index (χ1) is 9.10. The summed E-state index contributed by atoms with van der Waals surface area (Å²) in [5.41, 5.74) is 0.856. The number of hydrogen-bond donors (Lipinski definition) is 1. The standard InChI is InChI=1S/C13H23IN4O/c1-4-17(5-2)8-6-15-7-9-18-10-16-11(3)12(14)13(18)19/h10,15H,4-9H2,1-3H3. The number of aryl methyl sites for hydroxylation is 1. The Labute approximate surface area is 128 Å². The average molecular weight is 378 g/mol. The molecule has 0 saturated carbocycles. The summed E-state index contributed by atoms with van der Waals surface area (Å²) in [4.78, 5) is 18.5. The van der Waals surface area contributed by atoms with E-state index in [2.05, 4.69) is 51.6 Å². The van der Waals surface area contributed by atoms with Gasteiger partial charge in [0.25, 0.3) is 5.56 Å². The monoisotopic (exact) mass is 378 g/mol. The van der Waals surface area contributed by atoms with Crippen LogP contribution >= 0.6 is 22.6 Å². The van der Waals surface area contributed by atoms with E-state index < -0.39 is 0 Å². The molecule has 0 aromatic carbocycles. The first-order valence-electron chi connectivity index (χ1n) is 6.74. The fraction of sp³-hybridized carbons (Fsp3) is 0.692. The molecule has 1 heterocycles. The molecule has 0 aliphatic carbocycles. The molecule has 0 aliphatic rings. The summed E-state index contributed by atoms with van der Waals surface area (Å²) < 4.78 is 2.38. The number of nitrogens with zero attached hydrogens (tertiary/aromatic N) is 3. The molecule has 0 radical (unpaired) electrons. The molecule has 6 heteroatoms. The molecule has 108 valence electrons. The van der Waals surface area contributed by atoms with Gasteiger partial charge in [0.1, 0.15) is 0 Å². The number of likely N-dealkylation sites (N-methyl/N-ethyl adjacent to an activating group) is 1. The molecule has 0 saturated heterocycles. The Kier molecular flexibility index (Phi) is 7.55. The highest BCUT2D eigenvalue weighted by atomic mass is 127. The fourth-order valence-corrected chi connectivity index (χ4v) is 2.26. The molecule has 1 aromatic rings. The predicted octanol–water partition coefficient (Wildman–Crippen LogP) is 1.09. The van der Waals surface area contributed by atoms with Crippen LogP contribution in [0.2, 0.25) is 0 Å². The zero-order chi connectivity index (χ0) is 14.3. The Balaban J connectivity index is 2.34. The van der Waals surface area contributed by atoms with Gasteiger partial charge in [-0.15, -0.1) is 0 Å². The van der Waals surface area contributed by atoms with Crippen LogP contribution in [0.15, 0.2) is 11.1 Å². The van der Waals surface area contributed by atoms with E-state index in [1.54, 1.807) is 10.9 Å². The lowest BCUT2D eigenvalue weighted by molar-refractivity contribution is 0.301. The van der Waals surface area contributed by atoms with Crippen LogP contribution in [0.25, 0.3) is 0 Å². The van der Waals surface area contributed by atoms with Crippen LogP contribution in [-0.4, -0.2) is 47.2 Å². The normalized spacial score (nSPS) is 11.2. The van der Waals surface area contributed by atoms with Gasteiger partial charge in [0.2, 0.25) is 0 Å². The summed E-state index contributed by atoms with van der Waals surface area (Å²) in [6.07, 6.45) is 1.63. The zero-order valence-electron chi connectivity index (χ0n) is 11.9. The minimum Gasteiger partial charge on any atom is -0.314 e. The largest absolute Gasteiger partial charge is 0.314 e. The van der Waals surface area contributed by atoms with Crippen LogP contribution in [0.1, 0.15) is 19.5 Å². The summed E-state index contributed by atoms with van der Waals surface area (Å²) >= 11 is 2.06. The van der Waals surface area contributed by atoms with E-state index >= 15 is 0 Å². The quantitative estimate of drug-likeness (QED) is 0.544. The predicted molar refractivity (Wildman–Crippen MR) is 86.6 cm³/mol. The Bertz CT molecular complexity index is 443. The van der Waals surface area contributed by atoms with Gasteiger partial charge >= 0.3 is 0 Å². The SMILES string of the molecule is CCN(CC)CCNCCn1cnc(C)c(I)c1=O. The lowest BCUT2D eigenvalue weighted by atomic mass is 10.4. The highest BCUT2D eigenvalue weighted by Crippen LogP contribution is 2.00. The maximum absolute atomic E-state index is 11.9. The Morgan fingerprint density at radius 3 is 2.68 bits per heavy atom. The lowest BCUT2D eigenvalue weighted by Crippen LogP contribution is -2.34. The number of halogens is 1. The molecule has 0 fully saturated rings. The van der Waals surface area contributed by atoms with Gasteiger partial charge in [-0.1, -0.05) is 13.8 Å². The first-order valence-corrected chi connectivity index (χ1v) is 7.82. The van der Waals surface area contributed by atoms with Crippen LogP contribution in [0.3, 0.4) is 0 Å². The molecular weight excluding hydrogens is 355 g/mol. The second kappa shape index (κ2) is 8.65. The second-order valence-electron chi connectivity index (χ2n) is 4.42. The third-order valence-electron chi connectivity index (χ3n) is 3.19. The van der Waals surface area contributed by atoms with Crippen molar-refractivity contribution in [1.82, 2.24) is 19.8 Å². The lowest BCUT2D eigenvalue weighted by Gasteiger charge is -2.18. The molecule has 0 bridgehead atoms. The van der Waals surface area contributed by atoms with Crippen LogP contribution in [0, 0.1) is 10.5 Å². The van der Waals surface area contributed by atoms with E-state index in [4.69, 9.17) is 0 Å². The highest BCUT2D eigenvalue weighted by molar-refractivity contribution is 14.1. The summed E-state index contributed by atoms with van der Waals surface area (Å²) in [5.74, 6) is 0. The minimum absolute atomic E-state index is 0.0543. The van der Waals surface area contributed by atoms with Crippen molar-refractivity contribution in [3.05, 3.63) is 25.9 Å². The number of nitrogens with one attached hydrogen (secondary N) is 1. The van der Waals surface area contributed by atoms with Gasteiger partial charge in [-0.05, 0) is 42.6 Å². The van der Waals surface area contributed by atoms with Gasteiger partial charge in [0.05, 0.1) is 15.6 Å². The Morgan fingerprint density at radius 1 is 1.37 bits per heavy atom. The highest BCUT2D eigenvalue weighted by Gasteiger charge is 2.04. The van der Waals surface area contributed by atoms with Crippen molar-refractivity contribution in [3.8, 4) is 0 Å². The van der Waals surface area contributed by atoms with E-state index in [1.165, 1.54) is 0 Å². The van der Waals surface area contributed by atoms with Gasteiger partial charge in [-0.2, -0.15) is 0 Å². The molecule has 0 unspecified atom stereocenters. The fourth-order valence-electron chi connectivity index (χ4n) is 1.81. The van der Waals surface area contributed by atoms with Gasteiger partial charge in [-0.25, -0.2) is 4.98 Å². The average Bonchev–Trinajstić information content (AvgIpc) is 2.42. The van der Waals surface area contributed by atoms with Gasteiger partial charge < -0.3 is 10.2 Å². The summed E-state index contributed by atoms with van der Waals surface area (Å²) in [7, 11) is 0. The van der Waals surface area contributed by atoms with Crippen molar-refractivity contribution >= 4 is 22.6 Å². The molecule has 0 aliphatic heterocycles. The van der Waals surface area contributed by atoms with Crippen LogP contribution < -0.4 is 10.9 Å². The van der Waals surface area contributed by atoms with E-state index in [-0.39, 0.29) is 5.56 Å². The molecule has 5 nitrogen and oxygen atoms in total. The van der Waals surface area contributed by atoms with Crippen LogP contribution in [0.4, 0.5) is 0 Å². The van der Waals surface area contributed by atoms with Gasteiger partial charge in [-0.3, -0.25) is 9.36 Å².